The molecule has 1 aliphatic heterocycles. The van der Waals surface area contributed by atoms with E-state index in [2.05, 4.69) is 29.8 Å². The van der Waals surface area contributed by atoms with Crippen LogP contribution in [0.2, 0.25) is 0 Å². The van der Waals surface area contributed by atoms with Gasteiger partial charge in [-0.05, 0) is 37.0 Å². The third-order valence-electron chi connectivity index (χ3n) is 3.70. The normalized spacial score (nSPS) is 16.5. The van der Waals surface area contributed by atoms with Gasteiger partial charge in [0.15, 0.2) is 0 Å². The van der Waals surface area contributed by atoms with Crippen LogP contribution < -0.4 is 16.0 Å². The standard InChI is InChI=1S/C17H25N3O3/c1-11(2)9-15-17(22)20-14-10-12(5-6-13(14)19-15)16(21)18-7-4-8-23-3/h5-6,10-11,15,19H,4,7-9H2,1-3H3,(H,18,21)(H,20,22)/t15-/m1/s1. The Morgan fingerprint density at radius 1 is 1.35 bits per heavy atom. The van der Waals surface area contributed by atoms with E-state index in [1.165, 1.54) is 0 Å². The van der Waals surface area contributed by atoms with Crippen LogP contribution in [0.15, 0.2) is 18.2 Å². The van der Waals surface area contributed by atoms with E-state index in [4.69, 9.17) is 4.74 Å². The predicted octanol–water partition coefficient (Wildman–Crippen LogP) is 2.23. The van der Waals surface area contributed by atoms with Gasteiger partial charge in [-0.2, -0.15) is 0 Å². The topological polar surface area (TPSA) is 79.5 Å². The van der Waals surface area contributed by atoms with E-state index in [-0.39, 0.29) is 17.9 Å². The van der Waals surface area contributed by atoms with Crippen molar-refractivity contribution in [3.05, 3.63) is 23.8 Å². The van der Waals surface area contributed by atoms with Crippen molar-refractivity contribution in [1.82, 2.24) is 5.32 Å². The highest BCUT2D eigenvalue weighted by Gasteiger charge is 2.26. The van der Waals surface area contributed by atoms with Crippen LogP contribution in [0, 0.1) is 5.92 Å². The van der Waals surface area contributed by atoms with Crippen molar-refractivity contribution in [2.75, 3.05) is 30.9 Å². The molecule has 0 aromatic heterocycles. The molecule has 0 radical (unpaired) electrons. The molecule has 0 fully saturated rings. The SMILES string of the molecule is COCCCNC(=O)c1ccc2c(c1)NC(=O)[C@@H](CC(C)C)N2. The predicted molar refractivity (Wildman–Crippen MR) is 90.8 cm³/mol. The Balaban J connectivity index is 2.01. The summed E-state index contributed by atoms with van der Waals surface area (Å²) in [6.07, 6.45) is 1.54. The van der Waals surface area contributed by atoms with Crippen molar-refractivity contribution in [3.63, 3.8) is 0 Å². The molecule has 1 heterocycles. The largest absolute Gasteiger partial charge is 0.385 e. The van der Waals surface area contributed by atoms with E-state index in [9.17, 15) is 9.59 Å². The van der Waals surface area contributed by atoms with Crippen molar-refractivity contribution in [2.45, 2.75) is 32.7 Å². The lowest BCUT2D eigenvalue weighted by Crippen LogP contribution is -2.39. The highest BCUT2D eigenvalue weighted by molar-refractivity contribution is 6.05. The summed E-state index contributed by atoms with van der Waals surface area (Å²) in [4.78, 5) is 24.2. The van der Waals surface area contributed by atoms with E-state index in [1.54, 1.807) is 19.2 Å². The number of nitrogens with one attached hydrogen (secondary N) is 3. The van der Waals surface area contributed by atoms with Gasteiger partial charge in [-0.15, -0.1) is 0 Å². The fourth-order valence-electron chi connectivity index (χ4n) is 2.55. The first-order chi connectivity index (χ1) is 11.0. The molecule has 0 bridgehead atoms. The van der Waals surface area contributed by atoms with Crippen molar-refractivity contribution < 1.29 is 14.3 Å². The molecule has 0 aliphatic carbocycles. The zero-order chi connectivity index (χ0) is 16.8. The molecule has 1 aliphatic rings. The first-order valence-corrected chi connectivity index (χ1v) is 8.00. The number of amides is 2. The minimum absolute atomic E-state index is 0.0520. The molecule has 0 unspecified atom stereocenters. The maximum Gasteiger partial charge on any atom is 0.251 e. The summed E-state index contributed by atoms with van der Waals surface area (Å²) in [5.41, 5.74) is 2.04. The molecule has 1 atom stereocenters. The van der Waals surface area contributed by atoms with Crippen LogP contribution >= 0.6 is 0 Å². The number of ether oxygens (including phenoxy) is 1. The monoisotopic (exact) mass is 319 g/mol. The maximum atomic E-state index is 12.1. The minimum Gasteiger partial charge on any atom is -0.385 e. The van der Waals surface area contributed by atoms with Crippen LogP contribution in [0.5, 0.6) is 0 Å². The van der Waals surface area contributed by atoms with Crippen molar-refractivity contribution in [2.24, 2.45) is 5.92 Å². The summed E-state index contributed by atoms with van der Waals surface area (Å²) in [7, 11) is 1.63. The van der Waals surface area contributed by atoms with E-state index < -0.39 is 0 Å². The van der Waals surface area contributed by atoms with Crippen LogP contribution in [-0.4, -0.2) is 38.1 Å². The number of carbonyl (C=O) groups excluding carboxylic acids is 2. The highest BCUT2D eigenvalue weighted by atomic mass is 16.5. The molecule has 0 spiro atoms. The number of hydrogen-bond acceptors (Lipinski definition) is 4. The van der Waals surface area contributed by atoms with Crippen LogP contribution in [0.1, 0.15) is 37.0 Å². The Kier molecular flexibility index (Phi) is 5.98. The van der Waals surface area contributed by atoms with Gasteiger partial charge in [0, 0.05) is 25.8 Å². The molecule has 126 valence electrons. The van der Waals surface area contributed by atoms with E-state index in [0.717, 1.165) is 18.5 Å². The third kappa shape index (κ3) is 4.69. The van der Waals surface area contributed by atoms with E-state index >= 15 is 0 Å². The smallest absolute Gasteiger partial charge is 0.251 e. The molecule has 2 amide bonds. The third-order valence-corrected chi connectivity index (χ3v) is 3.70. The Morgan fingerprint density at radius 2 is 2.13 bits per heavy atom. The summed E-state index contributed by atoms with van der Waals surface area (Å²) in [6.45, 7) is 5.34. The summed E-state index contributed by atoms with van der Waals surface area (Å²) in [5, 5.41) is 8.96. The van der Waals surface area contributed by atoms with Crippen LogP contribution in [0.25, 0.3) is 0 Å². The molecule has 0 saturated heterocycles. The zero-order valence-electron chi connectivity index (χ0n) is 13.9. The van der Waals surface area contributed by atoms with Gasteiger partial charge in [0.2, 0.25) is 5.91 Å². The Bertz CT molecular complexity index is 572. The summed E-state index contributed by atoms with van der Waals surface area (Å²) in [5.74, 6) is 0.225. The summed E-state index contributed by atoms with van der Waals surface area (Å²) >= 11 is 0. The van der Waals surface area contributed by atoms with Crippen molar-refractivity contribution in [1.29, 1.82) is 0 Å². The van der Waals surface area contributed by atoms with Crippen molar-refractivity contribution in [3.8, 4) is 0 Å². The average molecular weight is 319 g/mol. The molecular weight excluding hydrogens is 294 g/mol. The lowest BCUT2D eigenvalue weighted by Gasteiger charge is -2.28. The number of fused-ring (bicyclic) bond motifs is 1. The second-order valence-electron chi connectivity index (χ2n) is 6.18. The average Bonchev–Trinajstić information content (AvgIpc) is 2.51. The molecular formula is C17H25N3O3. The van der Waals surface area contributed by atoms with Gasteiger partial charge >= 0.3 is 0 Å². The number of benzene rings is 1. The van der Waals surface area contributed by atoms with E-state index in [1.807, 2.05) is 6.07 Å². The van der Waals surface area contributed by atoms with Crippen LogP contribution in [-0.2, 0) is 9.53 Å². The number of methoxy groups -OCH3 is 1. The lowest BCUT2D eigenvalue weighted by molar-refractivity contribution is -0.117. The molecule has 6 nitrogen and oxygen atoms in total. The van der Waals surface area contributed by atoms with Gasteiger partial charge in [-0.25, -0.2) is 0 Å². The molecule has 1 aromatic rings. The molecule has 2 rings (SSSR count). The first kappa shape index (κ1) is 17.3. The van der Waals surface area contributed by atoms with Crippen LogP contribution in [0.4, 0.5) is 11.4 Å². The molecule has 23 heavy (non-hydrogen) atoms. The zero-order valence-corrected chi connectivity index (χ0v) is 13.9. The molecule has 0 saturated carbocycles. The van der Waals surface area contributed by atoms with Gasteiger partial charge in [0.25, 0.3) is 5.91 Å². The molecule has 6 heteroatoms. The van der Waals surface area contributed by atoms with E-state index in [0.29, 0.717) is 30.3 Å². The summed E-state index contributed by atoms with van der Waals surface area (Å²) in [6, 6.07) is 5.08. The number of carbonyl (C=O) groups is 2. The first-order valence-electron chi connectivity index (χ1n) is 8.00. The minimum atomic E-state index is -0.226. The quantitative estimate of drug-likeness (QED) is 0.673. The van der Waals surface area contributed by atoms with Gasteiger partial charge in [0.1, 0.15) is 6.04 Å². The Labute approximate surface area is 137 Å². The van der Waals surface area contributed by atoms with Crippen LogP contribution in [0.3, 0.4) is 0 Å². The fourth-order valence-corrected chi connectivity index (χ4v) is 2.55. The summed E-state index contributed by atoms with van der Waals surface area (Å²) < 4.78 is 4.95. The van der Waals surface area contributed by atoms with Gasteiger partial charge in [-0.1, -0.05) is 13.8 Å². The highest BCUT2D eigenvalue weighted by Crippen LogP contribution is 2.29. The molecule has 3 N–H and O–H groups in total. The fraction of sp³-hybridized carbons (Fsp3) is 0.529. The second-order valence-corrected chi connectivity index (χ2v) is 6.18. The molecule has 1 aromatic carbocycles. The Morgan fingerprint density at radius 3 is 2.83 bits per heavy atom. The maximum absolute atomic E-state index is 12.1. The van der Waals surface area contributed by atoms with Gasteiger partial charge in [0.05, 0.1) is 11.4 Å². The number of rotatable bonds is 7. The second kappa shape index (κ2) is 7.97. The Hall–Kier alpha value is -2.08. The van der Waals surface area contributed by atoms with Crippen molar-refractivity contribution >= 4 is 23.2 Å². The number of anilines is 2. The van der Waals surface area contributed by atoms with Gasteiger partial charge in [-0.3, -0.25) is 9.59 Å². The number of hydrogen-bond donors (Lipinski definition) is 3. The van der Waals surface area contributed by atoms with Gasteiger partial charge < -0.3 is 20.7 Å². The lowest BCUT2D eigenvalue weighted by atomic mass is 10.00.